The zero-order chi connectivity index (χ0) is 22.4. The molecule has 0 aliphatic carbocycles. The number of fused-ring (bicyclic) bond motifs is 1. The first-order chi connectivity index (χ1) is 15.4. The summed E-state index contributed by atoms with van der Waals surface area (Å²) in [6, 6.07) is 12.3. The van der Waals surface area contributed by atoms with E-state index in [9.17, 15) is 4.79 Å². The van der Waals surface area contributed by atoms with E-state index >= 15 is 0 Å². The van der Waals surface area contributed by atoms with E-state index in [2.05, 4.69) is 62.6 Å². The number of piperazine rings is 1. The molecule has 5 rings (SSSR count). The Balaban J connectivity index is 1.41. The molecule has 1 aliphatic heterocycles. The van der Waals surface area contributed by atoms with Crippen LogP contribution in [0.3, 0.4) is 0 Å². The minimum absolute atomic E-state index is 0.0765. The summed E-state index contributed by atoms with van der Waals surface area (Å²) in [5, 5.41) is 4.32. The van der Waals surface area contributed by atoms with Crippen molar-refractivity contribution in [2.45, 2.75) is 27.7 Å². The number of hydrogen-bond acceptors (Lipinski definition) is 5. The van der Waals surface area contributed by atoms with Crippen molar-refractivity contribution in [1.82, 2.24) is 29.0 Å². The molecular weight excluding hydrogens is 402 g/mol. The molecule has 1 aromatic carbocycles. The van der Waals surface area contributed by atoms with Crippen molar-refractivity contribution in [2.24, 2.45) is 0 Å². The van der Waals surface area contributed by atoms with Gasteiger partial charge >= 0.3 is 0 Å². The van der Waals surface area contributed by atoms with Crippen molar-refractivity contribution in [2.75, 3.05) is 31.1 Å². The average Bonchev–Trinajstić information content (AvgIpc) is 3.39. The van der Waals surface area contributed by atoms with Gasteiger partial charge in [0, 0.05) is 49.3 Å². The van der Waals surface area contributed by atoms with E-state index in [1.54, 1.807) is 4.52 Å². The fourth-order valence-electron chi connectivity index (χ4n) is 4.51. The Labute approximate surface area is 187 Å². The molecule has 0 unspecified atom stereocenters. The summed E-state index contributed by atoms with van der Waals surface area (Å²) in [5.41, 5.74) is 5.92. The number of aromatic nitrogens is 5. The van der Waals surface area contributed by atoms with Gasteiger partial charge in [-0.15, -0.1) is 0 Å². The molecule has 0 N–H and O–H groups in total. The van der Waals surface area contributed by atoms with Gasteiger partial charge in [0.15, 0.2) is 0 Å². The molecule has 1 aliphatic rings. The van der Waals surface area contributed by atoms with Gasteiger partial charge in [0.05, 0.1) is 11.3 Å². The molecule has 0 bridgehead atoms. The molecule has 1 amide bonds. The zero-order valence-electron chi connectivity index (χ0n) is 18.9. The number of nitrogens with zero attached hydrogens (tertiary/aromatic N) is 7. The standard InChI is InChI=1S/C24H27N7O/c1-16-5-8-21(30-18(3)6-7-19(30)4)20(13-16)23(32)29-11-9-28(10-12-29)22-14-17(2)27-24-25-15-26-31(22)24/h5-8,13-15H,9-12H2,1-4H3. The van der Waals surface area contributed by atoms with Crippen LogP contribution >= 0.6 is 0 Å². The van der Waals surface area contributed by atoms with Crippen LogP contribution in [0.15, 0.2) is 42.7 Å². The van der Waals surface area contributed by atoms with Crippen molar-refractivity contribution < 1.29 is 4.79 Å². The van der Waals surface area contributed by atoms with Crippen LogP contribution in [0.5, 0.6) is 0 Å². The quantitative estimate of drug-likeness (QED) is 0.500. The third-order valence-electron chi connectivity index (χ3n) is 6.15. The Morgan fingerprint density at radius 1 is 0.906 bits per heavy atom. The first kappa shape index (κ1) is 20.2. The molecule has 1 saturated heterocycles. The lowest BCUT2D eigenvalue weighted by atomic mass is 10.1. The number of rotatable bonds is 3. The van der Waals surface area contributed by atoms with Gasteiger partial charge in [0.1, 0.15) is 12.1 Å². The number of aryl methyl sites for hydroxylation is 4. The van der Waals surface area contributed by atoms with E-state index in [0.29, 0.717) is 18.9 Å². The van der Waals surface area contributed by atoms with Gasteiger partial charge in [-0.05, 0) is 52.0 Å². The molecule has 0 atom stereocenters. The van der Waals surface area contributed by atoms with Gasteiger partial charge in [-0.25, -0.2) is 4.98 Å². The number of carbonyl (C=O) groups is 1. The van der Waals surface area contributed by atoms with Gasteiger partial charge in [0.25, 0.3) is 11.7 Å². The molecule has 8 heteroatoms. The lowest BCUT2D eigenvalue weighted by Gasteiger charge is -2.36. The normalized spacial score (nSPS) is 14.4. The predicted octanol–water partition coefficient (Wildman–Crippen LogP) is 3.11. The monoisotopic (exact) mass is 429 g/mol. The van der Waals surface area contributed by atoms with Gasteiger partial charge in [-0.1, -0.05) is 11.6 Å². The third kappa shape index (κ3) is 3.41. The van der Waals surface area contributed by atoms with Crippen LogP contribution in [-0.4, -0.2) is 61.1 Å². The summed E-state index contributed by atoms with van der Waals surface area (Å²) < 4.78 is 3.92. The van der Waals surface area contributed by atoms with Gasteiger partial charge in [-0.3, -0.25) is 4.79 Å². The van der Waals surface area contributed by atoms with Gasteiger partial charge < -0.3 is 14.4 Å². The maximum absolute atomic E-state index is 13.6. The van der Waals surface area contributed by atoms with Crippen molar-refractivity contribution in [3.8, 4) is 5.69 Å². The predicted molar refractivity (Wildman–Crippen MR) is 124 cm³/mol. The third-order valence-corrected chi connectivity index (χ3v) is 6.15. The van der Waals surface area contributed by atoms with E-state index in [0.717, 1.165) is 52.8 Å². The highest BCUT2D eigenvalue weighted by atomic mass is 16.2. The highest BCUT2D eigenvalue weighted by molar-refractivity contribution is 5.98. The van der Waals surface area contributed by atoms with Crippen LogP contribution in [0.25, 0.3) is 11.5 Å². The summed E-state index contributed by atoms with van der Waals surface area (Å²) in [6.45, 7) is 10.9. The van der Waals surface area contributed by atoms with Crippen LogP contribution in [0.1, 0.15) is 33.0 Å². The molecule has 3 aromatic heterocycles. The fourth-order valence-corrected chi connectivity index (χ4v) is 4.51. The van der Waals surface area contributed by atoms with E-state index < -0.39 is 0 Å². The first-order valence-electron chi connectivity index (χ1n) is 10.9. The molecule has 0 saturated carbocycles. The molecule has 8 nitrogen and oxygen atoms in total. The number of amides is 1. The van der Waals surface area contributed by atoms with Crippen molar-refractivity contribution >= 4 is 17.5 Å². The smallest absolute Gasteiger partial charge is 0.256 e. The lowest BCUT2D eigenvalue weighted by molar-refractivity contribution is 0.0746. The van der Waals surface area contributed by atoms with Gasteiger partial charge in [-0.2, -0.15) is 14.6 Å². The molecule has 0 spiro atoms. The Morgan fingerprint density at radius 2 is 1.62 bits per heavy atom. The number of carbonyl (C=O) groups excluding carboxylic acids is 1. The minimum atomic E-state index is 0.0765. The minimum Gasteiger partial charge on any atom is -0.353 e. The number of benzene rings is 1. The summed E-state index contributed by atoms with van der Waals surface area (Å²) in [6.07, 6.45) is 1.52. The van der Waals surface area contributed by atoms with Crippen LogP contribution in [0, 0.1) is 27.7 Å². The zero-order valence-corrected chi connectivity index (χ0v) is 18.9. The van der Waals surface area contributed by atoms with E-state index in [1.165, 1.54) is 6.33 Å². The summed E-state index contributed by atoms with van der Waals surface area (Å²) >= 11 is 0. The second kappa shape index (κ2) is 7.78. The van der Waals surface area contributed by atoms with E-state index in [-0.39, 0.29) is 5.91 Å². The topological polar surface area (TPSA) is 71.6 Å². The van der Waals surface area contributed by atoms with Crippen molar-refractivity contribution in [1.29, 1.82) is 0 Å². The van der Waals surface area contributed by atoms with Crippen LogP contribution < -0.4 is 4.90 Å². The summed E-state index contributed by atoms with van der Waals surface area (Å²) in [7, 11) is 0. The first-order valence-corrected chi connectivity index (χ1v) is 10.9. The Morgan fingerprint density at radius 3 is 2.34 bits per heavy atom. The highest BCUT2D eigenvalue weighted by Gasteiger charge is 2.26. The largest absolute Gasteiger partial charge is 0.353 e. The van der Waals surface area contributed by atoms with Gasteiger partial charge in [0.2, 0.25) is 0 Å². The van der Waals surface area contributed by atoms with Crippen LogP contribution in [0.2, 0.25) is 0 Å². The Hall–Kier alpha value is -3.68. The number of hydrogen-bond donors (Lipinski definition) is 0. The second-order valence-electron chi connectivity index (χ2n) is 8.48. The SMILES string of the molecule is Cc1ccc(-n2c(C)ccc2C)c(C(=O)N2CCN(c3cc(C)nc4ncnn34)CC2)c1. The van der Waals surface area contributed by atoms with Crippen molar-refractivity contribution in [3.05, 3.63) is 70.9 Å². The average molecular weight is 430 g/mol. The van der Waals surface area contributed by atoms with Crippen molar-refractivity contribution in [3.63, 3.8) is 0 Å². The van der Waals surface area contributed by atoms with Crippen LogP contribution in [-0.2, 0) is 0 Å². The molecule has 1 fully saturated rings. The Kier molecular flexibility index (Phi) is 4.92. The highest BCUT2D eigenvalue weighted by Crippen LogP contribution is 2.24. The lowest BCUT2D eigenvalue weighted by Crippen LogP contribution is -2.49. The molecule has 4 aromatic rings. The molecule has 32 heavy (non-hydrogen) atoms. The maximum Gasteiger partial charge on any atom is 0.256 e. The fraction of sp³-hybridized carbons (Fsp3) is 0.333. The molecule has 4 heterocycles. The van der Waals surface area contributed by atoms with E-state index in [1.807, 2.05) is 30.9 Å². The summed E-state index contributed by atoms with van der Waals surface area (Å²) in [5.74, 6) is 1.64. The maximum atomic E-state index is 13.6. The number of anilines is 1. The molecule has 0 radical (unpaired) electrons. The second-order valence-corrected chi connectivity index (χ2v) is 8.48. The summed E-state index contributed by atoms with van der Waals surface area (Å²) in [4.78, 5) is 26.5. The molecule has 164 valence electrons. The van der Waals surface area contributed by atoms with E-state index in [4.69, 9.17) is 0 Å². The molecular formula is C24H27N7O. The van der Waals surface area contributed by atoms with Crippen LogP contribution in [0.4, 0.5) is 5.82 Å². The Bertz CT molecular complexity index is 1290.